The van der Waals surface area contributed by atoms with Crippen LogP contribution in [0.4, 0.5) is 18.9 Å². The van der Waals surface area contributed by atoms with Gasteiger partial charge in [0.25, 0.3) is 0 Å². The third-order valence-electron chi connectivity index (χ3n) is 4.56. The van der Waals surface area contributed by atoms with Gasteiger partial charge in [0.15, 0.2) is 11.7 Å². The van der Waals surface area contributed by atoms with Crippen LogP contribution < -0.4 is 15.8 Å². The van der Waals surface area contributed by atoms with Gasteiger partial charge in [-0.2, -0.15) is 0 Å². The fraction of sp³-hybridized carbons (Fsp3) is 0.421. The lowest BCUT2D eigenvalue weighted by atomic mass is 9.97. The van der Waals surface area contributed by atoms with Gasteiger partial charge in [0.2, 0.25) is 0 Å². The summed E-state index contributed by atoms with van der Waals surface area (Å²) in [6.45, 7) is 3.54. The molecule has 0 spiro atoms. The number of anilines is 1. The number of hydrogen-bond donors (Lipinski definition) is 2. The highest BCUT2D eigenvalue weighted by molar-refractivity contribution is 14.0. The molecular weight excluding hydrogens is 516 g/mol. The lowest BCUT2D eigenvalue weighted by Crippen LogP contribution is -2.34. The molecule has 3 rings (SSSR count). The Hall–Kier alpha value is -1.53. The van der Waals surface area contributed by atoms with Gasteiger partial charge in [-0.3, -0.25) is 9.89 Å². The number of nitrogens with zero attached hydrogens (tertiary/aromatic N) is 2. The molecule has 29 heavy (non-hydrogen) atoms. The number of piperidine rings is 1. The third kappa shape index (κ3) is 8.01. The minimum atomic E-state index is -4.76. The molecule has 160 valence electrons. The van der Waals surface area contributed by atoms with E-state index in [4.69, 9.17) is 5.73 Å². The Kier molecular flexibility index (Phi) is 9.03. The van der Waals surface area contributed by atoms with Crippen molar-refractivity contribution >= 4 is 47.0 Å². The monoisotopic (exact) mass is 540 g/mol. The van der Waals surface area contributed by atoms with Gasteiger partial charge < -0.3 is 15.8 Å². The third-order valence-corrected chi connectivity index (χ3v) is 5.42. The van der Waals surface area contributed by atoms with Gasteiger partial charge in [-0.05, 0) is 55.4 Å². The highest BCUT2D eigenvalue weighted by Crippen LogP contribution is 2.29. The summed E-state index contributed by atoms with van der Waals surface area (Å²) < 4.78 is 41.5. The predicted molar refractivity (Wildman–Crippen MR) is 121 cm³/mol. The van der Waals surface area contributed by atoms with E-state index in [-0.39, 0.29) is 41.4 Å². The number of nitrogens with two attached hydrogens (primary N) is 1. The van der Waals surface area contributed by atoms with Gasteiger partial charge in [0.1, 0.15) is 0 Å². The first-order valence-corrected chi connectivity index (χ1v) is 9.93. The molecule has 1 aliphatic rings. The fourth-order valence-corrected chi connectivity index (χ4v) is 3.88. The molecule has 0 amide bonds. The fourth-order valence-electron chi connectivity index (χ4n) is 3.14. The zero-order valence-corrected chi connectivity index (χ0v) is 18.8. The Bertz CT molecular complexity index is 778. The van der Waals surface area contributed by atoms with E-state index in [0.717, 1.165) is 32.5 Å². The van der Waals surface area contributed by atoms with Crippen molar-refractivity contribution in [2.24, 2.45) is 16.6 Å². The number of ether oxygens (including phenoxy) is 1. The van der Waals surface area contributed by atoms with E-state index in [9.17, 15) is 13.2 Å². The van der Waals surface area contributed by atoms with Crippen LogP contribution in [0.15, 0.2) is 46.8 Å². The number of rotatable bonds is 6. The zero-order chi connectivity index (χ0) is 20.0. The summed E-state index contributed by atoms with van der Waals surface area (Å²) >= 11 is 1.77. The Morgan fingerprint density at radius 3 is 2.59 bits per heavy atom. The van der Waals surface area contributed by atoms with Gasteiger partial charge in [0, 0.05) is 18.0 Å². The van der Waals surface area contributed by atoms with Crippen LogP contribution in [0.25, 0.3) is 0 Å². The largest absolute Gasteiger partial charge is 0.573 e. The lowest BCUT2D eigenvalue weighted by Gasteiger charge is -2.30. The summed E-state index contributed by atoms with van der Waals surface area (Å²) in [5, 5.41) is 4.79. The summed E-state index contributed by atoms with van der Waals surface area (Å²) in [6, 6.07) is 9.97. The molecule has 0 saturated carbocycles. The molecule has 1 saturated heterocycles. The Labute approximate surface area is 189 Å². The van der Waals surface area contributed by atoms with Crippen molar-refractivity contribution in [3.05, 3.63) is 46.7 Å². The minimum Gasteiger partial charge on any atom is -0.404 e. The first kappa shape index (κ1) is 23.7. The molecule has 0 atom stereocenters. The number of alkyl halides is 3. The standard InChI is InChI=1S/C19H23F3N4OS.HI/c20-19(21,22)27-17-6-2-1-5-16(17)25-18(23)24-12-14-7-9-26(10-8-14)13-15-4-3-11-28-15;/h1-6,11,14H,7-10,12-13H2,(H3,23,24,25);1H. The molecule has 0 bridgehead atoms. The summed E-state index contributed by atoms with van der Waals surface area (Å²) in [4.78, 5) is 8.11. The zero-order valence-electron chi connectivity index (χ0n) is 15.7. The maximum atomic E-state index is 12.5. The van der Waals surface area contributed by atoms with Gasteiger partial charge >= 0.3 is 6.36 Å². The van der Waals surface area contributed by atoms with E-state index in [1.165, 1.54) is 23.1 Å². The number of halogens is 4. The number of nitrogens with one attached hydrogen (secondary N) is 1. The van der Waals surface area contributed by atoms with Crippen LogP contribution in [0.1, 0.15) is 17.7 Å². The molecule has 1 fully saturated rings. The van der Waals surface area contributed by atoms with E-state index in [0.29, 0.717) is 12.5 Å². The predicted octanol–water partition coefficient (Wildman–Crippen LogP) is 4.90. The topological polar surface area (TPSA) is 62.9 Å². The maximum absolute atomic E-state index is 12.5. The lowest BCUT2D eigenvalue weighted by molar-refractivity contribution is -0.274. The molecule has 0 unspecified atom stereocenters. The van der Waals surface area contributed by atoms with E-state index in [1.807, 2.05) is 0 Å². The first-order valence-electron chi connectivity index (χ1n) is 9.05. The number of guanidine groups is 1. The van der Waals surface area contributed by atoms with E-state index in [2.05, 4.69) is 37.5 Å². The molecule has 1 aromatic heterocycles. The number of benzene rings is 1. The smallest absolute Gasteiger partial charge is 0.404 e. The van der Waals surface area contributed by atoms with Crippen molar-refractivity contribution in [1.82, 2.24) is 4.90 Å². The molecule has 2 heterocycles. The molecule has 0 radical (unpaired) electrons. The summed E-state index contributed by atoms with van der Waals surface area (Å²) in [7, 11) is 0. The number of aliphatic imine (C=N–C) groups is 1. The molecule has 2 aromatic rings. The van der Waals surface area contributed by atoms with Crippen LogP contribution >= 0.6 is 35.3 Å². The van der Waals surface area contributed by atoms with E-state index >= 15 is 0 Å². The number of para-hydroxylation sites is 2. The summed E-state index contributed by atoms with van der Waals surface area (Å²) in [5.74, 6) is 0.163. The van der Waals surface area contributed by atoms with Crippen LogP contribution in [0, 0.1) is 5.92 Å². The number of likely N-dealkylation sites (tertiary alicyclic amines) is 1. The Balaban J connectivity index is 0.00000300. The van der Waals surface area contributed by atoms with Gasteiger partial charge in [-0.1, -0.05) is 18.2 Å². The highest BCUT2D eigenvalue weighted by atomic mass is 127. The van der Waals surface area contributed by atoms with Gasteiger partial charge in [-0.25, -0.2) is 0 Å². The van der Waals surface area contributed by atoms with Crippen LogP contribution in [0.2, 0.25) is 0 Å². The van der Waals surface area contributed by atoms with Crippen LogP contribution in [0.5, 0.6) is 5.75 Å². The summed E-state index contributed by atoms with van der Waals surface area (Å²) in [5.41, 5.74) is 6.00. The Morgan fingerprint density at radius 2 is 1.93 bits per heavy atom. The second-order valence-corrected chi connectivity index (χ2v) is 7.73. The number of hydrogen-bond acceptors (Lipinski definition) is 4. The average molecular weight is 540 g/mol. The molecule has 0 aliphatic carbocycles. The van der Waals surface area contributed by atoms with Crippen molar-refractivity contribution in [1.29, 1.82) is 0 Å². The number of thiophene rings is 1. The van der Waals surface area contributed by atoms with Crippen molar-refractivity contribution in [2.75, 3.05) is 25.0 Å². The summed E-state index contributed by atoms with van der Waals surface area (Å²) in [6.07, 6.45) is -2.72. The van der Waals surface area contributed by atoms with Crippen LogP contribution in [-0.4, -0.2) is 36.9 Å². The molecular formula is C19H24F3IN4OS. The van der Waals surface area contributed by atoms with Crippen molar-refractivity contribution in [3.8, 4) is 5.75 Å². The highest BCUT2D eigenvalue weighted by Gasteiger charge is 2.32. The van der Waals surface area contributed by atoms with Gasteiger partial charge in [0.05, 0.1) is 5.69 Å². The molecule has 5 nitrogen and oxygen atoms in total. The van der Waals surface area contributed by atoms with Crippen molar-refractivity contribution in [3.63, 3.8) is 0 Å². The molecule has 1 aliphatic heterocycles. The average Bonchev–Trinajstić information content (AvgIpc) is 3.15. The normalized spacial score (nSPS) is 16.3. The second-order valence-electron chi connectivity index (χ2n) is 6.69. The SMILES string of the molecule is I.NC(=NCC1CCN(Cc2cccs2)CC1)Nc1ccccc1OC(F)(F)F. The second kappa shape index (κ2) is 11.0. The van der Waals surface area contributed by atoms with Crippen molar-refractivity contribution < 1.29 is 17.9 Å². The minimum absolute atomic E-state index is 0. The molecule has 1 aromatic carbocycles. The van der Waals surface area contributed by atoms with E-state index in [1.54, 1.807) is 17.4 Å². The first-order chi connectivity index (χ1) is 13.4. The van der Waals surface area contributed by atoms with Gasteiger partial charge in [-0.15, -0.1) is 48.5 Å². The van der Waals surface area contributed by atoms with E-state index < -0.39 is 6.36 Å². The maximum Gasteiger partial charge on any atom is 0.573 e. The van der Waals surface area contributed by atoms with Crippen LogP contribution in [0.3, 0.4) is 0 Å². The van der Waals surface area contributed by atoms with Crippen LogP contribution in [-0.2, 0) is 6.54 Å². The Morgan fingerprint density at radius 1 is 1.21 bits per heavy atom. The quantitative estimate of drug-likeness (QED) is 0.311. The van der Waals surface area contributed by atoms with Crippen molar-refractivity contribution in [2.45, 2.75) is 25.7 Å². The molecule has 10 heteroatoms. The molecule has 3 N–H and O–H groups in total.